The molecule has 10 nitrogen and oxygen atoms in total. The average molecular weight is 600 g/mol. The van der Waals surface area contributed by atoms with Crippen molar-refractivity contribution < 1.29 is 27.1 Å². The molecule has 5 rings (SSSR count). The Morgan fingerprint density at radius 3 is 2.63 bits per heavy atom. The number of nitrogens with one attached hydrogen (secondary N) is 1. The summed E-state index contributed by atoms with van der Waals surface area (Å²) in [6.45, 7) is 6.92. The standard InChI is InChI=1S/C28H30FN5O5S2/c1-4-28(2,3)26-30-12-8-21(31-26)24-23(32-25(40-24)17-9-13-34(14-10-17)27(35)36)19-6-5-7-20(22(19)29)33-41(37,38)18-11-15-39-16-18/h5-8,11-12,15-17,33H,4,9-10,13-14H2,1-3H3,(H,35,36). The van der Waals surface area contributed by atoms with Crippen molar-refractivity contribution in [3.63, 3.8) is 0 Å². The molecule has 1 aliphatic rings. The number of furan rings is 1. The van der Waals surface area contributed by atoms with E-state index in [0.29, 0.717) is 48.0 Å². The Morgan fingerprint density at radius 1 is 1.22 bits per heavy atom. The molecule has 13 heteroatoms. The number of carboxylic acid groups (broad SMARTS) is 1. The van der Waals surface area contributed by atoms with Gasteiger partial charge < -0.3 is 14.4 Å². The number of piperidine rings is 1. The fourth-order valence-electron chi connectivity index (χ4n) is 4.56. The summed E-state index contributed by atoms with van der Waals surface area (Å²) < 4.78 is 48.8. The number of likely N-dealkylation sites (tertiary alicyclic amines) is 1. The van der Waals surface area contributed by atoms with Gasteiger partial charge in [0, 0.05) is 36.2 Å². The van der Waals surface area contributed by atoms with E-state index in [1.807, 2.05) is 0 Å². The number of carbonyl (C=O) groups is 1. The molecule has 1 fully saturated rings. The molecule has 4 aromatic rings. The number of sulfonamides is 1. The molecule has 1 amide bonds. The Balaban J connectivity index is 1.59. The van der Waals surface area contributed by atoms with Crippen LogP contribution in [0.3, 0.4) is 0 Å². The first-order valence-corrected chi connectivity index (χ1v) is 15.5. The zero-order chi connectivity index (χ0) is 29.4. The van der Waals surface area contributed by atoms with Gasteiger partial charge in [0.2, 0.25) is 0 Å². The maximum Gasteiger partial charge on any atom is 0.407 e. The molecule has 0 unspecified atom stereocenters. The third kappa shape index (κ3) is 5.82. The first-order valence-electron chi connectivity index (χ1n) is 13.2. The van der Waals surface area contributed by atoms with Crippen molar-refractivity contribution in [2.24, 2.45) is 0 Å². The van der Waals surface area contributed by atoms with Crippen LogP contribution in [0.5, 0.6) is 0 Å². The van der Waals surface area contributed by atoms with Gasteiger partial charge in [-0.3, -0.25) is 4.72 Å². The van der Waals surface area contributed by atoms with Gasteiger partial charge in [-0.25, -0.2) is 32.6 Å². The lowest BCUT2D eigenvalue weighted by molar-refractivity contribution is 0.132. The predicted octanol–water partition coefficient (Wildman–Crippen LogP) is 6.35. The van der Waals surface area contributed by atoms with Gasteiger partial charge in [0.25, 0.3) is 10.0 Å². The van der Waals surface area contributed by atoms with Crippen molar-refractivity contribution in [3.8, 4) is 21.8 Å². The van der Waals surface area contributed by atoms with Crippen molar-refractivity contribution in [3.05, 3.63) is 65.7 Å². The lowest BCUT2D eigenvalue weighted by Crippen LogP contribution is -2.36. The quantitative estimate of drug-likeness (QED) is 0.239. The third-order valence-corrected chi connectivity index (χ3v) is 10.0. The van der Waals surface area contributed by atoms with Crippen LogP contribution in [0.2, 0.25) is 0 Å². The largest absolute Gasteiger partial charge is 0.471 e. The van der Waals surface area contributed by atoms with E-state index in [1.165, 1.54) is 34.6 Å². The molecule has 2 N–H and O–H groups in total. The normalized spacial score (nSPS) is 14.8. The molecule has 0 spiro atoms. The number of halogens is 1. The summed E-state index contributed by atoms with van der Waals surface area (Å²) in [6.07, 6.45) is 5.00. The van der Waals surface area contributed by atoms with Crippen molar-refractivity contribution in [1.29, 1.82) is 0 Å². The highest BCUT2D eigenvalue weighted by Crippen LogP contribution is 2.43. The van der Waals surface area contributed by atoms with Gasteiger partial charge in [0.15, 0.2) is 5.82 Å². The van der Waals surface area contributed by atoms with Crippen molar-refractivity contribution in [1.82, 2.24) is 19.9 Å². The van der Waals surface area contributed by atoms with E-state index in [2.05, 4.69) is 30.5 Å². The van der Waals surface area contributed by atoms with E-state index in [4.69, 9.17) is 14.4 Å². The zero-order valence-electron chi connectivity index (χ0n) is 22.8. The van der Waals surface area contributed by atoms with Crippen LogP contribution in [0, 0.1) is 5.82 Å². The summed E-state index contributed by atoms with van der Waals surface area (Å²) >= 11 is 1.39. The van der Waals surface area contributed by atoms with Gasteiger partial charge in [0.05, 0.1) is 33.2 Å². The maximum absolute atomic E-state index is 16.1. The number of nitrogens with zero attached hydrogens (tertiary/aromatic N) is 4. The number of benzene rings is 1. The SMILES string of the molecule is CCC(C)(C)c1nccc(-c2sc(C3CCN(C(=O)O)CC3)nc2-c2cccc(NS(=O)(=O)c3ccoc3)c2F)n1. The van der Waals surface area contributed by atoms with E-state index in [0.717, 1.165) is 17.7 Å². The molecule has 4 heterocycles. The highest BCUT2D eigenvalue weighted by molar-refractivity contribution is 7.92. The smallest absolute Gasteiger partial charge is 0.407 e. The second-order valence-corrected chi connectivity index (χ2v) is 13.2. The first kappa shape index (κ1) is 28.7. The van der Waals surface area contributed by atoms with Crippen LogP contribution in [-0.2, 0) is 15.4 Å². The Morgan fingerprint density at radius 2 is 1.98 bits per heavy atom. The molecule has 0 bridgehead atoms. The minimum Gasteiger partial charge on any atom is -0.471 e. The molecule has 0 aliphatic carbocycles. The van der Waals surface area contributed by atoms with Crippen LogP contribution >= 0.6 is 11.3 Å². The average Bonchev–Trinajstić information content (AvgIpc) is 3.66. The first-order chi connectivity index (χ1) is 19.5. The Bertz CT molecular complexity index is 1660. The third-order valence-electron chi connectivity index (χ3n) is 7.44. The number of anilines is 1. The van der Waals surface area contributed by atoms with E-state index in [-0.39, 0.29) is 27.5 Å². The van der Waals surface area contributed by atoms with Crippen LogP contribution in [0.15, 0.2) is 58.4 Å². The molecule has 1 saturated heterocycles. The van der Waals surface area contributed by atoms with Gasteiger partial charge in [-0.05, 0) is 43.5 Å². The van der Waals surface area contributed by atoms with E-state index >= 15 is 4.39 Å². The monoisotopic (exact) mass is 599 g/mol. The summed E-state index contributed by atoms with van der Waals surface area (Å²) in [5, 5.41) is 10.1. The Kier molecular flexibility index (Phi) is 7.84. The van der Waals surface area contributed by atoms with Crippen LogP contribution < -0.4 is 4.72 Å². The second kappa shape index (κ2) is 11.2. The number of aromatic nitrogens is 3. The summed E-state index contributed by atoms with van der Waals surface area (Å²) in [4.78, 5) is 27.5. The molecule has 0 atom stereocenters. The number of rotatable bonds is 8. The Labute approximate surface area is 241 Å². The molecular weight excluding hydrogens is 569 g/mol. The number of hydrogen-bond donors (Lipinski definition) is 2. The predicted molar refractivity (Wildman–Crippen MR) is 153 cm³/mol. The Hall–Kier alpha value is -3.84. The van der Waals surface area contributed by atoms with E-state index in [1.54, 1.807) is 24.4 Å². The van der Waals surface area contributed by atoms with Crippen LogP contribution in [0.25, 0.3) is 21.8 Å². The van der Waals surface area contributed by atoms with Crippen LogP contribution in [0.1, 0.15) is 56.8 Å². The number of amides is 1. The summed E-state index contributed by atoms with van der Waals surface area (Å²) in [5.41, 5.74) is 0.528. The summed E-state index contributed by atoms with van der Waals surface area (Å²) in [5.74, 6) is -0.140. The van der Waals surface area contributed by atoms with Gasteiger partial charge in [-0.15, -0.1) is 11.3 Å². The van der Waals surface area contributed by atoms with Crippen molar-refractivity contribution >= 4 is 33.1 Å². The van der Waals surface area contributed by atoms with E-state index in [9.17, 15) is 18.3 Å². The fourth-order valence-corrected chi connectivity index (χ4v) is 6.76. The fraction of sp³-hybridized carbons (Fsp3) is 0.357. The van der Waals surface area contributed by atoms with Crippen molar-refractivity contribution in [2.45, 2.75) is 56.3 Å². The zero-order valence-corrected chi connectivity index (χ0v) is 24.4. The van der Waals surface area contributed by atoms with Gasteiger partial charge in [-0.1, -0.05) is 26.8 Å². The number of hydrogen-bond acceptors (Lipinski definition) is 8. The van der Waals surface area contributed by atoms with Crippen molar-refractivity contribution in [2.75, 3.05) is 17.8 Å². The van der Waals surface area contributed by atoms with E-state index < -0.39 is 21.9 Å². The molecule has 216 valence electrons. The molecule has 1 aliphatic heterocycles. The molecule has 1 aromatic carbocycles. The molecular formula is C28H30FN5O5S2. The highest BCUT2D eigenvalue weighted by Gasteiger charge is 2.30. The summed E-state index contributed by atoms with van der Waals surface area (Å²) in [7, 11) is -4.08. The number of thiazole rings is 1. The highest BCUT2D eigenvalue weighted by atomic mass is 32.2. The minimum absolute atomic E-state index is 0.0117. The maximum atomic E-state index is 16.1. The van der Waals surface area contributed by atoms with Gasteiger partial charge in [0.1, 0.15) is 17.0 Å². The van der Waals surface area contributed by atoms with Crippen LogP contribution in [0.4, 0.5) is 14.9 Å². The lowest BCUT2D eigenvalue weighted by atomic mass is 9.89. The molecule has 0 saturated carbocycles. The molecule has 41 heavy (non-hydrogen) atoms. The van der Waals surface area contributed by atoms with Gasteiger partial charge >= 0.3 is 6.09 Å². The molecule has 0 radical (unpaired) electrons. The minimum atomic E-state index is -4.08. The summed E-state index contributed by atoms with van der Waals surface area (Å²) in [6, 6.07) is 7.49. The van der Waals surface area contributed by atoms with Gasteiger partial charge in [-0.2, -0.15) is 0 Å². The second-order valence-electron chi connectivity index (χ2n) is 10.5. The topological polar surface area (TPSA) is 139 Å². The van der Waals surface area contributed by atoms with Crippen LogP contribution in [-0.4, -0.2) is 52.6 Å². The molecule has 3 aromatic heterocycles. The lowest BCUT2D eigenvalue weighted by Gasteiger charge is -2.28.